The van der Waals surface area contributed by atoms with Crippen LogP contribution in [0.25, 0.3) is 21.3 Å². The van der Waals surface area contributed by atoms with Crippen LogP contribution in [-0.2, 0) is 4.79 Å². The van der Waals surface area contributed by atoms with E-state index in [-0.39, 0.29) is 17.2 Å². The molecule has 1 aliphatic heterocycles. The smallest absolute Gasteiger partial charge is 0.265 e. The molecule has 2 aromatic carbocycles. The number of nitrogens with one attached hydrogen (secondary N) is 1. The molecule has 0 radical (unpaired) electrons. The van der Waals surface area contributed by atoms with Gasteiger partial charge in [0.25, 0.3) is 11.5 Å². The second-order valence-electron chi connectivity index (χ2n) is 8.54. The Labute approximate surface area is 200 Å². The first-order chi connectivity index (χ1) is 16.2. The minimum absolute atomic E-state index is 0.255. The molecule has 0 saturated carbocycles. The summed E-state index contributed by atoms with van der Waals surface area (Å²) in [6, 6.07) is 12.1. The SMILES string of the molecule is Cc1ccc(-c2c(C)sc3ncn(C(C)C(=O)c4ccc5c(c4)NC(=O)C(C)O5)c(=O)c23)cc1. The average Bonchev–Trinajstić information content (AvgIpc) is 3.16. The molecule has 1 aliphatic rings. The Morgan fingerprint density at radius 3 is 2.62 bits per heavy atom. The van der Waals surface area contributed by atoms with Crippen LogP contribution in [-0.4, -0.2) is 27.3 Å². The van der Waals surface area contributed by atoms with Gasteiger partial charge in [-0.3, -0.25) is 19.0 Å². The zero-order valence-corrected chi connectivity index (χ0v) is 20.0. The van der Waals surface area contributed by atoms with E-state index >= 15 is 0 Å². The van der Waals surface area contributed by atoms with Crippen molar-refractivity contribution in [2.24, 2.45) is 0 Å². The van der Waals surface area contributed by atoms with Crippen LogP contribution in [0.4, 0.5) is 5.69 Å². The lowest BCUT2D eigenvalue weighted by Gasteiger charge is -2.24. The van der Waals surface area contributed by atoms with Crippen LogP contribution >= 0.6 is 11.3 Å². The van der Waals surface area contributed by atoms with Crippen LogP contribution in [0, 0.1) is 13.8 Å². The Morgan fingerprint density at radius 1 is 1.15 bits per heavy atom. The number of ketones is 1. The van der Waals surface area contributed by atoms with E-state index in [1.165, 1.54) is 22.2 Å². The maximum Gasteiger partial charge on any atom is 0.265 e. The number of aromatic nitrogens is 2. The first-order valence-corrected chi connectivity index (χ1v) is 11.8. The average molecular weight is 474 g/mol. The maximum atomic E-state index is 13.6. The molecule has 0 bridgehead atoms. The lowest BCUT2D eigenvalue weighted by Crippen LogP contribution is -2.34. The van der Waals surface area contributed by atoms with Gasteiger partial charge in [0.05, 0.1) is 23.4 Å². The summed E-state index contributed by atoms with van der Waals surface area (Å²) in [6.45, 7) is 7.33. The molecule has 4 aromatic rings. The second-order valence-corrected chi connectivity index (χ2v) is 9.74. The van der Waals surface area contributed by atoms with Crippen molar-refractivity contribution < 1.29 is 14.3 Å². The van der Waals surface area contributed by atoms with Crippen LogP contribution in [0.5, 0.6) is 5.75 Å². The van der Waals surface area contributed by atoms with Gasteiger partial charge in [0.15, 0.2) is 11.9 Å². The predicted molar refractivity (Wildman–Crippen MR) is 133 cm³/mol. The third-order valence-electron chi connectivity index (χ3n) is 6.15. The van der Waals surface area contributed by atoms with Gasteiger partial charge in [-0.2, -0.15) is 0 Å². The van der Waals surface area contributed by atoms with Gasteiger partial charge in [-0.15, -0.1) is 11.3 Å². The molecule has 1 N–H and O–H groups in total. The summed E-state index contributed by atoms with van der Waals surface area (Å²) in [7, 11) is 0. The highest BCUT2D eigenvalue weighted by Crippen LogP contribution is 2.36. The molecular weight excluding hydrogens is 450 g/mol. The Balaban J connectivity index is 1.55. The Hall–Kier alpha value is -3.78. The topological polar surface area (TPSA) is 90.3 Å². The fourth-order valence-corrected chi connectivity index (χ4v) is 5.19. The van der Waals surface area contributed by atoms with Crippen molar-refractivity contribution in [1.29, 1.82) is 0 Å². The van der Waals surface area contributed by atoms with E-state index in [0.717, 1.165) is 21.6 Å². The normalized spacial score (nSPS) is 16.0. The lowest BCUT2D eigenvalue weighted by atomic mass is 10.0. The first kappa shape index (κ1) is 22.0. The molecule has 5 rings (SSSR count). The Bertz CT molecular complexity index is 1520. The number of benzene rings is 2. The molecular formula is C26H23N3O4S. The van der Waals surface area contributed by atoms with E-state index in [9.17, 15) is 14.4 Å². The Morgan fingerprint density at radius 2 is 1.88 bits per heavy atom. The number of thiophene rings is 1. The van der Waals surface area contributed by atoms with Gasteiger partial charge < -0.3 is 10.1 Å². The standard InChI is InChI=1S/C26H23N3O4S/c1-13-5-7-17(8-6-13)21-16(4)34-25-22(21)26(32)29(12-27-25)14(2)23(30)18-9-10-20-19(11-18)28-24(31)15(3)33-20/h5-12,14-15H,1-4H3,(H,28,31). The van der Waals surface area contributed by atoms with Crippen molar-refractivity contribution in [2.45, 2.75) is 39.8 Å². The minimum atomic E-state index is -0.785. The molecule has 1 amide bonds. The zero-order valence-electron chi connectivity index (χ0n) is 19.2. The summed E-state index contributed by atoms with van der Waals surface area (Å²) in [5, 5.41) is 3.28. The molecule has 172 valence electrons. The number of hydrogen-bond acceptors (Lipinski definition) is 6. The van der Waals surface area contributed by atoms with Gasteiger partial charge in [-0.1, -0.05) is 29.8 Å². The van der Waals surface area contributed by atoms with Gasteiger partial charge >= 0.3 is 0 Å². The van der Waals surface area contributed by atoms with Gasteiger partial charge in [0.1, 0.15) is 10.6 Å². The van der Waals surface area contributed by atoms with E-state index in [2.05, 4.69) is 10.3 Å². The van der Waals surface area contributed by atoms with Gasteiger partial charge in [0, 0.05) is 16.0 Å². The summed E-state index contributed by atoms with van der Waals surface area (Å²) in [4.78, 5) is 45.0. The quantitative estimate of drug-likeness (QED) is 0.426. The fourth-order valence-electron chi connectivity index (χ4n) is 4.19. The van der Waals surface area contributed by atoms with Gasteiger partial charge in [-0.25, -0.2) is 4.98 Å². The van der Waals surface area contributed by atoms with Gasteiger partial charge in [-0.05, 0) is 51.5 Å². The third kappa shape index (κ3) is 3.60. The Kier molecular flexibility index (Phi) is 5.32. The van der Waals surface area contributed by atoms with Crippen molar-refractivity contribution in [3.05, 3.63) is 75.1 Å². The highest BCUT2D eigenvalue weighted by atomic mass is 32.1. The molecule has 0 aliphatic carbocycles. The molecule has 2 unspecified atom stereocenters. The predicted octanol–water partition coefficient (Wildman–Crippen LogP) is 4.91. The second kappa shape index (κ2) is 8.22. The fraction of sp³-hybridized carbons (Fsp3) is 0.231. The van der Waals surface area contributed by atoms with Crippen LogP contribution in [0.1, 0.15) is 40.7 Å². The van der Waals surface area contributed by atoms with Crippen molar-refractivity contribution in [2.75, 3.05) is 5.32 Å². The van der Waals surface area contributed by atoms with Crippen LogP contribution < -0.4 is 15.6 Å². The van der Waals surface area contributed by atoms with E-state index in [1.54, 1.807) is 32.0 Å². The minimum Gasteiger partial charge on any atom is -0.479 e. The van der Waals surface area contributed by atoms with Crippen molar-refractivity contribution in [1.82, 2.24) is 9.55 Å². The molecule has 2 aromatic heterocycles. The lowest BCUT2D eigenvalue weighted by molar-refractivity contribution is -0.122. The van der Waals surface area contributed by atoms with E-state index in [0.29, 0.717) is 27.2 Å². The largest absolute Gasteiger partial charge is 0.479 e. The number of Topliss-reactive ketones (excluding diaryl/α,β-unsaturated/α-hetero) is 1. The first-order valence-electron chi connectivity index (χ1n) is 11.0. The zero-order chi connectivity index (χ0) is 24.1. The van der Waals surface area contributed by atoms with Crippen LogP contribution in [0.3, 0.4) is 0 Å². The summed E-state index contributed by atoms with van der Waals surface area (Å²) < 4.78 is 6.95. The number of nitrogens with zero attached hydrogens (tertiary/aromatic N) is 2. The van der Waals surface area contributed by atoms with E-state index in [1.807, 2.05) is 38.1 Å². The summed E-state index contributed by atoms with van der Waals surface area (Å²) in [6.07, 6.45) is 0.841. The number of carbonyl (C=O) groups excluding carboxylic acids is 2. The van der Waals surface area contributed by atoms with Gasteiger partial charge in [0.2, 0.25) is 0 Å². The molecule has 3 heterocycles. The molecule has 7 nitrogen and oxygen atoms in total. The maximum absolute atomic E-state index is 13.6. The molecule has 8 heteroatoms. The summed E-state index contributed by atoms with van der Waals surface area (Å²) in [5.74, 6) is -0.0247. The molecule has 0 spiro atoms. The molecule has 0 saturated heterocycles. The molecule has 2 atom stereocenters. The van der Waals surface area contributed by atoms with E-state index < -0.39 is 12.1 Å². The van der Waals surface area contributed by atoms with Crippen molar-refractivity contribution in [3.8, 4) is 16.9 Å². The highest BCUT2D eigenvalue weighted by Gasteiger charge is 2.27. The number of hydrogen-bond donors (Lipinski definition) is 1. The van der Waals surface area contributed by atoms with E-state index in [4.69, 9.17) is 4.74 Å². The summed E-state index contributed by atoms with van der Waals surface area (Å²) in [5.41, 5.74) is 3.50. The number of amides is 1. The molecule has 0 fully saturated rings. The number of anilines is 1. The number of carbonyl (C=O) groups is 2. The van der Waals surface area contributed by atoms with Crippen molar-refractivity contribution in [3.63, 3.8) is 0 Å². The van der Waals surface area contributed by atoms with Crippen LogP contribution in [0.15, 0.2) is 53.6 Å². The molecule has 34 heavy (non-hydrogen) atoms. The van der Waals surface area contributed by atoms with Crippen molar-refractivity contribution >= 4 is 38.9 Å². The third-order valence-corrected chi connectivity index (χ3v) is 7.16. The summed E-state index contributed by atoms with van der Waals surface area (Å²) >= 11 is 1.47. The number of rotatable bonds is 4. The van der Waals surface area contributed by atoms with Crippen LogP contribution in [0.2, 0.25) is 0 Å². The number of fused-ring (bicyclic) bond motifs is 2. The highest BCUT2D eigenvalue weighted by molar-refractivity contribution is 7.19. The number of ether oxygens (including phenoxy) is 1. The monoisotopic (exact) mass is 473 g/mol. The number of aryl methyl sites for hydroxylation is 2.